The van der Waals surface area contributed by atoms with Gasteiger partial charge in [0.15, 0.2) is 0 Å². The van der Waals surface area contributed by atoms with E-state index in [1.165, 1.54) is 0 Å². The van der Waals surface area contributed by atoms with E-state index in [-0.39, 0.29) is 6.73 Å². The summed E-state index contributed by atoms with van der Waals surface area (Å²) in [7, 11) is 2.00. The maximum atomic E-state index is 6.32. The number of aromatic nitrogens is 4. The number of hydrogen-bond acceptors (Lipinski definition) is 7. The van der Waals surface area contributed by atoms with Crippen LogP contribution in [0.15, 0.2) is 24.4 Å². The molecule has 3 heterocycles. The SMILES string of the molecule is COCCOc1cc(Cl)nc2c(-c3cccnc3OC)nn(COCC[Si](C)(C)C)c12. The summed E-state index contributed by atoms with van der Waals surface area (Å²) in [5, 5.41) is 5.09. The van der Waals surface area contributed by atoms with E-state index in [4.69, 9.17) is 35.6 Å². The van der Waals surface area contributed by atoms with Crippen LogP contribution in [-0.4, -0.2) is 61.9 Å². The second-order valence-corrected chi connectivity index (χ2v) is 14.2. The summed E-state index contributed by atoms with van der Waals surface area (Å²) in [5.74, 6) is 1.03. The maximum absolute atomic E-state index is 6.32. The first-order valence-electron chi connectivity index (χ1n) is 10.1. The molecule has 0 N–H and O–H groups in total. The number of methoxy groups -OCH3 is 2. The van der Waals surface area contributed by atoms with Crippen molar-refractivity contribution in [1.82, 2.24) is 19.7 Å². The molecule has 0 saturated heterocycles. The van der Waals surface area contributed by atoms with E-state index in [9.17, 15) is 0 Å². The van der Waals surface area contributed by atoms with Crippen molar-refractivity contribution in [3.8, 4) is 22.9 Å². The predicted molar refractivity (Wildman–Crippen MR) is 124 cm³/mol. The molecule has 0 amide bonds. The molecule has 0 aromatic carbocycles. The monoisotopic (exact) mass is 464 g/mol. The minimum Gasteiger partial charge on any atom is -0.489 e. The van der Waals surface area contributed by atoms with E-state index >= 15 is 0 Å². The fraction of sp³-hybridized carbons (Fsp3) is 0.476. The van der Waals surface area contributed by atoms with Gasteiger partial charge in [-0.25, -0.2) is 14.6 Å². The zero-order valence-corrected chi connectivity index (χ0v) is 20.4. The van der Waals surface area contributed by atoms with Crippen LogP contribution in [0.2, 0.25) is 30.8 Å². The third kappa shape index (κ3) is 5.94. The van der Waals surface area contributed by atoms with Crippen LogP contribution >= 0.6 is 11.6 Å². The van der Waals surface area contributed by atoms with E-state index in [0.29, 0.717) is 58.9 Å². The summed E-state index contributed by atoms with van der Waals surface area (Å²) in [6, 6.07) is 6.46. The molecule has 0 saturated carbocycles. The first kappa shape index (κ1) is 23.5. The van der Waals surface area contributed by atoms with Crippen LogP contribution in [0.5, 0.6) is 11.6 Å². The highest BCUT2D eigenvalue weighted by atomic mass is 35.5. The number of fused-ring (bicyclic) bond motifs is 1. The van der Waals surface area contributed by atoms with Gasteiger partial charge < -0.3 is 18.9 Å². The van der Waals surface area contributed by atoms with Crippen molar-refractivity contribution in [3.63, 3.8) is 0 Å². The molecule has 3 aromatic rings. The Morgan fingerprint density at radius 2 is 1.94 bits per heavy atom. The van der Waals surface area contributed by atoms with Crippen molar-refractivity contribution < 1.29 is 18.9 Å². The lowest BCUT2D eigenvalue weighted by Crippen LogP contribution is -2.22. The molecule has 31 heavy (non-hydrogen) atoms. The fourth-order valence-electron chi connectivity index (χ4n) is 3.00. The van der Waals surface area contributed by atoms with Gasteiger partial charge in [0.05, 0.1) is 19.3 Å². The van der Waals surface area contributed by atoms with Gasteiger partial charge in [0, 0.05) is 34.1 Å². The summed E-state index contributed by atoms with van der Waals surface area (Å²) in [5.41, 5.74) is 2.62. The highest BCUT2D eigenvalue weighted by molar-refractivity contribution is 6.76. The number of ether oxygens (including phenoxy) is 4. The molecule has 8 nitrogen and oxygen atoms in total. The van der Waals surface area contributed by atoms with Crippen molar-refractivity contribution in [1.29, 1.82) is 0 Å². The van der Waals surface area contributed by atoms with Gasteiger partial charge in [-0.1, -0.05) is 31.2 Å². The molecule has 0 spiro atoms. The van der Waals surface area contributed by atoms with E-state index in [1.54, 1.807) is 31.2 Å². The Labute approximate surface area is 188 Å². The minimum absolute atomic E-state index is 0.271. The van der Waals surface area contributed by atoms with Gasteiger partial charge in [-0.2, -0.15) is 5.10 Å². The van der Waals surface area contributed by atoms with Crippen LogP contribution in [0.3, 0.4) is 0 Å². The average molecular weight is 465 g/mol. The third-order valence-corrected chi connectivity index (χ3v) is 6.50. The molecule has 0 bridgehead atoms. The Morgan fingerprint density at radius 3 is 2.65 bits per heavy atom. The Bertz CT molecular complexity index is 1020. The Morgan fingerprint density at radius 1 is 1.13 bits per heavy atom. The van der Waals surface area contributed by atoms with E-state index in [0.717, 1.165) is 6.04 Å². The van der Waals surface area contributed by atoms with Gasteiger partial charge in [0.2, 0.25) is 5.88 Å². The van der Waals surface area contributed by atoms with Crippen molar-refractivity contribution in [2.75, 3.05) is 34.0 Å². The summed E-state index contributed by atoms with van der Waals surface area (Å²) >= 11 is 6.32. The average Bonchev–Trinajstić information content (AvgIpc) is 3.08. The second kappa shape index (κ2) is 10.4. The molecular weight excluding hydrogens is 436 g/mol. The number of rotatable bonds is 11. The van der Waals surface area contributed by atoms with Gasteiger partial charge in [-0.3, -0.25) is 0 Å². The lowest BCUT2D eigenvalue weighted by molar-refractivity contribution is 0.0812. The molecule has 10 heteroatoms. The summed E-state index contributed by atoms with van der Waals surface area (Å²) in [6.07, 6.45) is 1.67. The van der Waals surface area contributed by atoms with Crippen LogP contribution in [0.1, 0.15) is 0 Å². The molecule has 3 aromatic heterocycles. The number of nitrogens with zero attached hydrogens (tertiary/aromatic N) is 4. The molecule has 0 fully saturated rings. The third-order valence-electron chi connectivity index (χ3n) is 4.60. The molecule has 0 aliphatic heterocycles. The van der Waals surface area contributed by atoms with Gasteiger partial charge in [0.25, 0.3) is 0 Å². The van der Waals surface area contributed by atoms with E-state index in [1.807, 2.05) is 12.1 Å². The van der Waals surface area contributed by atoms with Gasteiger partial charge in [-0.15, -0.1) is 0 Å². The van der Waals surface area contributed by atoms with Crippen molar-refractivity contribution >= 4 is 30.7 Å². The lowest BCUT2D eigenvalue weighted by atomic mass is 10.1. The van der Waals surface area contributed by atoms with E-state index < -0.39 is 8.07 Å². The molecule has 0 aliphatic rings. The Kier molecular flexibility index (Phi) is 7.87. The molecular formula is C21H29ClN4O4Si. The zero-order chi connectivity index (χ0) is 22.4. The Balaban J connectivity index is 2.05. The summed E-state index contributed by atoms with van der Waals surface area (Å²) in [6.45, 7) is 8.72. The number of pyridine rings is 2. The minimum atomic E-state index is -1.20. The van der Waals surface area contributed by atoms with Crippen molar-refractivity contribution in [2.45, 2.75) is 32.4 Å². The van der Waals surface area contributed by atoms with Crippen molar-refractivity contribution in [2.24, 2.45) is 0 Å². The van der Waals surface area contributed by atoms with Gasteiger partial charge in [-0.05, 0) is 18.2 Å². The molecule has 0 aliphatic carbocycles. The normalized spacial score (nSPS) is 11.8. The Hall–Kier alpha value is -2.20. The van der Waals surface area contributed by atoms with Gasteiger partial charge in [0.1, 0.15) is 41.0 Å². The maximum Gasteiger partial charge on any atom is 0.222 e. The van der Waals surface area contributed by atoms with E-state index in [2.05, 4.69) is 29.6 Å². The highest BCUT2D eigenvalue weighted by Crippen LogP contribution is 2.37. The predicted octanol–water partition coefficient (Wildman–Crippen LogP) is 4.49. The lowest BCUT2D eigenvalue weighted by Gasteiger charge is -2.15. The van der Waals surface area contributed by atoms with Crippen LogP contribution in [0.4, 0.5) is 0 Å². The van der Waals surface area contributed by atoms with Crippen LogP contribution < -0.4 is 9.47 Å². The van der Waals surface area contributed by atoms with Crippen LogP contribution in [0, 0.1) is 0 Å². The quantitative estimate of drug-likeness (QED) is 0.235. The number of halogens is 1. The molecule has 0 atom stereocenters. The topological polar surface area (TPSA) is 80.5 Å². The van der Waals surface area contributed by atoms with Crippen LogP contribution in [0.25, 0.3) is 22.3 Å². The summed E-state index contributed by atoms with van der Waals surface area (Å²) < 4.78 is 24.2. The largest absolute Gasteiger partial charge is 0.489 e. The smallest absolute Gasteiger partial charge is 0.222 e. The summed E-state index contributed by atoms with van der Waals surface area (Å²) in [4.78, 5) is 8.83. The first-order valence-corrected chi connectivity index (χ1v) is 14.2. The second-order valence-electron chi connectivity index (χ2n) is 8.24. The highest BCUT2D eigenvalue weighted by Gasteiger charge is 2.22. The zero-order valence-electron chi connectivity index (χ0n) is 18.6. The van der Waals surface area contributed by atoms with Crippen molar-refractivity contribution in [3.05, 3.63) is 29.5 Å². The van der Waals surface area contributed by atoms with Crippen LogP contribution in [-0.2, 0) is 16.2 Å². The fourth-order valence-corrected chi connectivity index (χ4v) is 3.94. The molecule has 0 unspecified atom stereocenters. The molecule has 0 radical (unpaired) electrons. The van der Waals surface area contributed by atoms with Gasteiger partial charge >= 0.3 is 0 Å². The standard InChI is InChI=1S/C21H29ClN4O4Si/c1-27-9-10-30-16-13-17(22)24-19-18(15-7-6-8-23-21(15)28-2)25-26(20(16)19)14-29-11-12-31(3,4)5/h6-8,13H,9-12,14H2,1-5H3. The first-order chi connectivity index (χ1) is 14.8. The number of hydrogen-bond donors (Lipinski definition) is 0. The molecule has 3 rings (SSSR count). The molecule has 168 valence electrons.